The van der Waals surface area contributed by atoms with E-state index in [1.54, 1.807) is 0 Å². The van der Waals surface area contributed by atoms with Crippen LogP contribution in [0.15, 0.2) is 24.3 Å². The molecule has 0 unspecified atom stereocenters. The summed E-state index contributed by atoms with van der Waals surface area (Å²) in [5, 5.41) is 0. The maximum absolute atomic E-state index is 11.9. The number of rotatable bonds is 5. The lowest BCUT2D eigenvalue weighted by Crippen LogP contribution is -2.17. The molecule has 0 N–H and O–H groups in total. The molecule has 0 saturated carbocycles. The molecule has 8 heteroatoms. The molecule has 0 radical (unpaired) electrons. The van der Waals surface area contributed by atoms with Crippen LogP contribution in [0.2, 0.25) is 0 Å². The van der Waals surface area contributed by atoms with Crippen molar-refractivity contribution in [3.8, 4) is 5.75 Å². The first-order valence-corrected chi connectivity index (χ1v) is 5.48. The van der Waals surface area contributed by atoms with Gasteiger partial charge in [0.1, 0.15) is 11.5 Å². The van der Waals surface area contributed by atoms with Gasteiger partial charge in [-0.05, 0) is 17.7 Å². The number of hydrogen-bond acceptors (Lipinski definition) is 2. The Hall–Kier alpha value is -1.73. The molecule has 20 heavy (non-hydrogen) atoms. The Labute approximate surface area is 110 Å². The summed E-state index contributed by atoms with van der Waals surface area (Å²) in [6.07, 6.45) is -11.3. The molecule has 0 atom stereocenters. The van der Waals surface area contributed by atoms with Crippen molar-refractivity contribution < 1.29 is 35.9 Å². The molecule has 1 aromatic carbocycles. The van der Waals surface area contributed by atoms with Gasteiger partial charge in [0.15, 0.2) is 0 Å². The van der Waals surface area contributed by atoms with Crippen LogP contribution >= 0.6 is 0 Å². The van der Waals surface area contributed by atoms with Crippen molar-refractivity contribution in [2.24, 2.45) is 0 Å². The van der Waals surface area contributed by atoms with Gasteiger partial charge in [-0.1, -0.05) is 12.1 Å². The van der Waals surface area contributed by atoms with Crippen LogP contribution in [0.4, 0.5) is 26.3 Å². The summed E-state index contributed by atoms with van der Waals surface area (Å²) in [7, 11) is 0. The van der Waals surface area contributed by atoms with E-state index in [0.717, 1.165) is 12.1 Å². The van der Waals surface area contributed by atoms with Gasteiger partial charge in [0, 0.05) is 12.8 Å². The second kappa shape index (κ2) is 6.15. The Balaban J connectivity index is 2.51. The number of carbonyl (C=O) groups excluding carboxylic acids is 1. The fourth-order valence-electron chi connectivity index (χ4n) is 1.41. The number of ether oxygens (including phenoxy) is 1. The monoisotopic (exact) mass is 300 g/mol. The Bertz CT molecular complexity index is 447. The van der Waals surface area contributed by atoms with Gasteiger partial charge in [-0.2, -0.15) is 13.2 Å². The van der Waals surface area contributed by atoms with E-state index in [-0.39, 0.29) is 6.42 Å². The van der Waals surface area contributed by atoms with Crippen LogP contribution in [0.25, 0.3) is 0 Å². The molecule has 112 valence electrons. The molecule has 0 spiro atoms. The molecule has 0 aliphatic carbocycles. The van der Waals surface area contributed by atoms with Crippen molar-refractivity contribution in [2.45, 2.75) is 31.8 Å². The average Bonchev–Trinajstić information content (AvgIpc) is 2.26. The highest BCUT2D eigenvalue weighted by Gasteiger charge is 2.31. The Morgan fingerprint density at radius 2 is 1.55 bits per heavy atom. The van der Waals surface area contributed by atoms with Crippen molar-refractivity contribution in [3.05, 3.63) is 29.8 Å². The summed E-state index contributed by atoms with van der Waals surface area (Å²) in [5.74, 6) is -1.09. The van der Waals surface area contributed by atoms with E-state index in [4.69, 9.17) is 0 Å². The minimum absolute atomic E-state index is 0.262. The SMILES string of the molecule is O=C(CCC(F)(F)F)Cc1ccc(OC(F)(F)F)cc1. The van der Waals surface area contributed by atoms with Gasteiger partial charge in [-0.3, -0.25) is 4.79 Å². The second-order valence-electron chi connectivity index (χ2n) is 4.02. The van der Waals surface area contributed by atoms with E-state index in [2.05, 4.69) is 4.74 Å². The first kappa shape index (κ1) is 16.3. The number of halogens is 6. The van der Waals surface area contributed by atoms with Gasteiger partial charge >= 0.3 is 12.5 Å². The third-order valence-electron chi connectivity index (χ3n) is 2.25. The summed E-state index contributed by atoms with van der Waals surface area (Å²) in [4.78, 5) is 11.3. The number of benzene rings is 1. The topological polar surface area (TPSA) is 26.3 Å². The van der Waals surface area contributed by atoms with Crippen molar-refractivity contribution in [3.63, 3.8) is 0 Å². The molecule has 0 aromatic heterocycles. The summed E-state index contributed by atoms with van der Waals surface area (Å²) < 4.78 is 74.9. The zero-order chi connectivity index (χ0) is 15.4. The molecule has 2 nitrogen and oxygen atoms in total. The highest BCUT2D eigenvalue weighted by Crippen LogP contribution is 2.24. The maximum atomic E-state index is 11.9. The van der Waals surface area contributed by atoms with Gasteiger partial charge in [-0.25, -0.2) is 0 Å². The summed E-state index contributed by atoms with van der Waals surface area (Å²) >= 11 is 0. The van der Waals surface area contributed by atoms with Crippen LogP contribution in [0, 0.1) is 0 Å². The predicted octanol–water partition coefficient (Wildman–Crippen LogP) is 4.04. The first-order chi connectivity index (χ1) is 9.05. The van der Waals surface area contributed by atoms with Gasteiger partial charge in [0.25, 0.3) is 0 Å². The molecule has 0 amide bonds. The molecular formula is C12H10F6O2. The predicted molar refractivity (Wildman–Crippen MR) is 57.1 cm³/mol. The van der Waals surface area contributed by atoms with Crippen LogP contribution in [0.1, 0.15) is 18.4 Å². The van der Waals surface area contributed by atoms with Crippen LogP contribution in [-0.4, -0.2) is 18.3 Å². The van der Waals surface area contributed by atoms with E-state index in [9.17, 15) is 31.1 Å². The smallest absolute Gasteiger partial charge is 0.406 e. The van der Waals surface area contributed by atoms with Crippen LogP contribution in [0.5, 0.6) is 5.75 Å². The highest BCUT2D eigenvalue weighted by atomic mass is 19.4. The molecule has 0 saturated heterocycles. The summed E-state index contributed by atoms with van der Waals surface area (Å²) in [6.45, 7) is 0. The van der Waals surface area contributed by atoms with E-state index < -0.39 is 36.9 Å². The minimum atomic E-state index is -4.82. The van der Waals surface area contributed by atoms with E-state index in [1.165, 1.54) is 12.1 Å². The molecule has 0 bridgehead atoms. The Morgan fingerprint density at radius 3 is 2.00 bits per heavy atom. The Morgan fingerprint density at radius 1 is 1.00 bits per heavy atom. The lowest BCUT2D eigenvalue weighted by Gasteiger charge is -2.09. The highest BCUT2D eigenvalue weighted by molar-refractivity contribution is 5.80. The van der Waals surface area contributed by atoms with E-state index >= 15 is 0 Å². The standard InChI is InChI=1S/C12H10F6O2/c13-11(14,15)6-5-9(19)7-8-1-3-10(4-2-8)20-12(16,17)18/h1-4H,5-7H2. The molecular weight excluding hydrogens is 290 g/mol. The zero-order valence-corrected chi connectivity index (χ0v) is 10.0. The number of ketones is 1. The van der Waals surface area contributed by atoms with Gasteiger partial charge in [-0.15, -0.1) is 13.2 Å². The molecule has 1 rings (SSSR count). The normalized spacial score (nSPS) is 12.3. The quantitative estimate of drug-likeness (QED) is 0.767. The van der Waals surface area contributed by atoms with Gasteiger partial charge in [0.2, 0.25) is 0 Å². The zero-order valence-electron chi connectivity index (χ0n) is 10.0. The van der Waals surface area contributed by atoms with Gasteiger partial charge in [0.05, 0.1) is 6.42 Å². The third-order valence-corrected chi connectivity index (χ3v) is 2.25. The van der Waals surface area contributed by atoms with Crippen LogP contribution in [-0.2, 0) is 11.2 Å². The minimum Gasteiger partial charge on any atom is -0.406 e. The molecule has 0 aliphatic heterocycles. The van der Waals surface area contributed by atoms with Gasteiger partial charge < -0.3 is 4.74 Å². The molecule has 1 aromatic rings. The number of alkyl halides is 6. The largest absolute Gasteiger partial charge is 0.573 e. The lowest BCUT2D eigenvalue weighted by molar-refractivity contribution is -0.274. The van der Waals surface area contributed by atoms with E-state index in [1.807, 2.05) is 0 Å². The fourth-order valence-corrected chi connectivity index (χ4v) is 1.41. The molecule has 0 aliphatic rings. The van der Waals surface area contributed by atoms with Crippen molar-refractivity contribution in [1.82, 2.24) is 0 Å². The van der Waals surface area contributed by atoms with Crippen molar-refractivity contribution >= 4 is 5.78 Å². The van der Waals surface area contributed by atoms with Crippen LogP contribution in [0.3, 0.4) is 0 Å². The summed E-state index contributed by atoms with van der Waals surface area (Å²) in [6, 6.07) is 4.40. The second-order valence-corrected chi connectivity index (χ2v) is 4.02. The molecule has 0 fully saturated rings. The molecule has 0 heterocycles. The number of Topliss-reactive ketones (excluding diaryl/α,β-unsaturated/α-hetero) is 1. The number of carbonyl (C=O) groups is 1. The summed E-state index contributed by atoms with van der Waals surface area (Å²) in [5.41, 5.74) is 0.326. The third kappa shape index (κ3) is 7.01. The Kier molecular flexibility index (Phi) is 5.02. The fraction of sp³-hybridized carbons (Fsp3) is 0.417. The number of hydrogen-bond donors (Lipinski definition) is 0. The first-order valence-electron chi connectivity index (χ1n) is 5.48. The van der Waals surface area contributed by atoms with Crippen molar-refractivity contribution in [2.75, 3.05) is 0 Å². The van der Waals surface area contributed by atoms with Crippen LogP contribution < -0.4 is 4.74 Å². The average molecular weight is 300 g/mol. The maximum Gasteiger partial charge on any atom is 0.573 e. The van der Waals surface area contributed by atoms with E-state index in [0.29, 0.717) is 5.56 Å². The lowest BCUT2D eigenvalue weighted by atomic mass is 10.1. The van der Waals surface area contributed by atoms with Crippen molar-refractivity contribution in [1.29, 1.82) is 0 Å².